The maximum Gasteiger partial charge on any atom is 0.229 e. The normalized spacial score (nSPS) is 20.2. The van der Waals surface area contributed by atoms with Gasteiger partial charge in [-0.05, 0) is 24.6 Å². The van der Waals surface area contributed by atoms with Crippen LogP contribution < -0.4 is 4.90 Å². The van der Waals surface area contributed by atoms with Crippen LogP contribution in [0.2, 0.25) is 0 Å². The fraction of sp³-hybridized carbons (Fsp3) is 0.500. The van der Waals surface area contributed by atoms with Crippen molar-refractivity contribution in [2.45, 2.75) is 25.9 Å². The summed E-state index contributed by atoms with van der Waals surface area (Å²) in [5, 5.41) is 9.42. The van der Waals surface area contributed by atoms with Gasteiger partial charge in [0.15, 0.2) is 0 Å². The van der Waals surface area contributed by atoms with Crippen molar-refractivity contribution in [2.24, 2.45) is 5.92 Å². The van der Waals surface area contributed by atoms with Gasteiger partial charge in [-0.3, -0.25) is 19.5 Å². The number of nitrogens with zero attached hydrogens (tertiary/aromatic N) is 5. The predicted octanol–water partition coefficient (Wildman–Crippen LogP) is 1.45. The van der Waals surface area contributed by atoms with Gasteiger partial charge in [0.25, 0.3) is 0 Å². The Hall–Kier alpha value is -2.39. The second kappa shape index (κ2) is 7.69. The molecule has 0 aliphatic carbocycles. The Bertz CT molecular complexity index is 821. The van der Waals surface area contributed by atoms with Crippen LogP contribution in [0, 0.1) is 5.92 Å². The average molecular weight is 387 g/mol. The summed E-state index contributed by atoms with van der Waals surface area (Å²) in [5.74, 6) is 0.0263. The molecule has 2 amide bonds. The molecule has 9 heteroatoms. The maximum absolute atomic E-state index is 12.8. The third-order valence-electron chi connectivity index (χ3n) is 4.96. The van der Waals surface area contributed by atoms with Crippen LogP contribution in [-0.2, 0) is 20.9 Å². The van der Waals surface area contributed by atoms with Crippen molar-refractivity contribution in [3.05, 3.63) is 35.1 Å². The predicted molar refractivity (Wildman–Crippen MR) is 99.3 cm³/mol. The summed E-state index contributed by atoms with van der Waals surface area (Å²) >= 11 is 1.34. The van der Waals surface area contributed by atoms with E-state index in [9.17, 15) is 9.59 Å². The van der Waals surface area contributed by atoms with Crippen LogP contribution >= 0.6 is 11.3 Å². The van der Waals surface area contributed by atoms with E-state index in [0.717, 1.165) is 5.01 Å². The standard InChI is InChI=1S/C18H21N5O3S/c1-2-26-11-15-20-21-18(27-15)23-10-13(7-16(23)24)17(25)22-8-14(9-22)12-3-5-19-6-4-12/h3-6,13-14H,2,7-11H2,1H3. The van der Waals surface area contributed by atoms with Gasteiger partial charge >= 0.3 is 0 Å². The minimum absolute atomic E-state index is 0.0511. The Morgan fingerprint density at radius 2 is 2.04 bits per heavy atom. The summed E-state index contributed by atoms with van der Waals surface area (Å²) in [4.78, 5) is 32.6. The number of amides is 2. The topological polar surface area (TPSA) is 88.5 Å². The van der Waals surface area contributed by atoms with E-state index in [2.05, 4.69) is 15.2 Å². The zero-order valence-electron chi connectivity index (χ0n) is 15.1. The molecule has 2 saturated heterocycles. The lowest BCUT2D eigenvalue weighted by atomic mass is 9.90. The van der Waals surface area contributed by atoms with E-state index in [0.29, 0.717) is 43.9 Å². The smallest absolute Gasteiger partial charge is 0.229 e. The van der Waals surface area contributed by atoms with Gasteiger partial charge in [-0.25, -0.2) is 0 Å². The molecule has 2 fully saturated rings. The molecule has 8 nitrogen and oxygen atoms in total. The van der Waals surface area contributed by atoms with Crippen molar-refractivity contribution in [3.8, 4) is 0 Å². The molecule has 2 aromatic heterocycles. The van der Waals surface area contributed by atoms with Gasteiger partial charge in [0.2, 0.25) is 16.9 Å². The van der Waals surface area contributed by atoms with E-state index in [1.807, 2.05) is 24.0 Å². The first-order valence-electron chi connectivity index (χ1n) is 9.05. The van der Waals surface area contributed by atoms with E-state index in [-0.39, 0.29) is 24.2 Å². The van der Waals surface area contributed by atoms with Gasteiger partial charge in [0, 0.05) is 51.0 Å². The molecule has 1 atom stereocenters. The number of pyridine rings is 1. The van der Waals surface area contributed by atoms with Crippen molar-refractivity contribution in [1.82, 2.24) is 20.1 Å². The third-order valence-corrected chi connectivity index (χ3v) is 5.88. The molecule has 2 aromatic rings. The third kappa shape index (κ3) is 3.70. The van der Waals surface area contributed by atoms with Gasteiger partial charge < -0.3 is 9.64 Å². The summed E-state index contributed by atoms with van der Waals surface area (Å²) in [6.45, 7) is 4.68. The Morgan fingerprint density at radius 3 is 2.78 bits per heavy atom. The molecule has 142 valence electrons. The lowest BCUT2D eigenvalue weighted by Crippen LogP contribution is -2.51. The number of carbonyl (C=O) groups excluding carboxylic acids is 2. The highest BCUT2D eigenvalue weighted by Crippen LogP contribution is 2.32. The highest BCUT2D eigenvalue weighted by molar-refractivity contribution is 7.15. The summed E-state index contributed by atoms with van der Waals surface area (Å²) in [6, 6.07) is 3.98. The Kier molecular flexibility index (Phi) is 5.13. The molecular formula is C18H21N5O3S. The molecule has 27 heavy (non-hydrogen) atoms. The van der Waals surface area contributed by atoms with Gasteiger partial charge in [-0.15, -0.1) is 10.2 Å². The number of likely N-dealkylation sites (tertiary alicyclic amines) is 1. The lowest BCUT2D eigenvalue weighted by molar-refractivity contribution is -0.140. The number of rotatable bonds is 6. The van der Waals surface area contributed by atoms with Crippen molar-refractivity contribution >= 4 is 28.3 Å². The van der Waals surface area contributed by atoms with Crippen molar-refractivity contribution in [2.75, 3.05) is 31.1 Å². The SMILES string of the molecule is CCOCc1nnc(N2CC(C(=O)N3CC(c4ccncc4)C3)CC2=O)s1. The molecule has 0 N–H and O–H groups in total. The summed E-state index contributed by atoms with van der Waals surface area (Å²) in [5.41, 5.74) is 1.20. The molecule has 0 saturated carbocycles. The van der Waals surface area contributed by atoms with Crippen LogP contribution in [0.1, 0.15) is 29.8 Å². The molecule has 0 spiro atoms. The highest BCUT2D eigenvalue weighted by Gasteiger charge is 2.42. The van der Waals surface area contributed by atoms with E-state index >= 15 is 0 Å². The second-order valence-electron chi connectivity index (χ2n) is 6.74. The second-order valence-corrected chi connectivity index (χ2v) is 7.78. The first-order chi connectivity index (χ1) is 13.2. The van der Waals surface area contributed by atoms with E-state index in [1.165, 1.54) is 16.9 Å². The van der Waals surface area contributed by atoms with E-state index in [1.54, 1.807) is 17.3 Å². The molecule has 0 bridgehead atoms. The number of hydrogen-bond acceptors (Lipinski definition) is 7. The zero-order chi connectivity index (χ0) is 18.8. The summed E-state index contributed by atoms with van der Waals surface area (Å²) in [6.07, 6.45) is 3.78. The minimum atomic E-state index is -0.310. The molecule has 4 rings (SSSR count). The Labute approximate surface area is 161 Å². The van der Waals surface area contributed by atoms with Gasteiger partial charge in [0.1, 0.15) is 11.6 Å². The summed E-state index contributed by atoms with van der Waals surface area (Å²) in [7, 11) is 0. The Balaban J connectivity index is 1.34. The number of aromatic nitrogens is 3. The highest BCUT2D eigenvalue weighted by atomic mass is 32.1. The quantitative estimate of drug-likeness (QED) is 0.745. The zero-order valence-corrected chi connectivity index (χ0v) is 15.9. The number of ether oxygens (including phenoxy) is 1. The number of carbonyl (C=O) groups is 2. The van der Waals surface area contributed by atoms with Crippen LogP contribution in [-0.4, -0.2) is 58.1 Å². The molecular weight excluding hydrogens is 366 g/mol. The fourth-order valence-corrected chi connectivity index (χ4v) is 4.23. The van der Waals surface area contributed by atoms with Gasteiger partial charge in [-0.1, -0.05) is 11.3 Å². The lowest BCUT2D eigenvalue weighted by Gasteiger charge is -2.40. The fourth-order valence-electron chi connectivity index (χ4n) is 3.42. The van der Waals surface area contributed by atoms with Crippen molar-refractivity contribution in [1.29, 1.82) is 0 Å². The van der Waals surface area contributed by atoms with E-state index < -0.39 is 0 Å². The van der Waals surface area contributed by atoms with Gasteiger partial charge in [0.05, 0.1) is 5.92 Å². The average Bonchev–Trinajstić information content (AvgIpc) is 3.26. The van der Waals surface area contributed by atoms with E-state index in [4.69, 9.17) is 4.74 Å². The van der Waals surface area contributed by atoms with Crippen LogP contribution in [0.5, 0.6) is 0 Å². The Morgan fingerprint density at radius 1 is 1.26 bits per heavy atom. The first kappa shape index (κ1) is 18.0. The summed E-state index contributed by atoms with van der Waals surface area (Å²) < 4.78 is 5.32. The molecule has 4 heterocycles. The molecule has 2 aliphatic heterocycles. The first-order valence-corrected chi connectivity index (χ1v) is 9.86. The minimum Gasteiger partial charge on any atom is -0.374 e. The molecule has 2 aliphatic rings. The monoisotopic (exact) mass is 387 g/mol. The van der Waals surface area contributed by atoms with Crippen molar-refractivity contribution < 1.29 is 14.3 Å². The molecule has 0 aromatic carbocycles. The van der Waals surface area contributed by atoms with Crippen LogP contribution in [0.3, 0.4) is 0 Å². The van der Waals surface area contributed by atoms with Crippen LogP contribution in [0.4, 0.5) is 5.13 Å². The molecule has 0 radical (unpaired) electrons. The van der Waals surface area contributed by atoms with Gasteiger partial charge in [-0.2, -0.15) is 0 Å². The largest absolute Gasteiger partial charge is 0.374 e. The number of anilines is 1. The van der Waals surface area contributed by atoms with Crippen LogP contribution in [0.25, 0.3) is 0 Å². The number of hydrogen-bond donors (Lipinski definition) is 0. The molecule has 1 unspecified atom stereocenters. The maximum atomic E-state index is 12.8. The van der Waals surface area contributed by atoms with Crippen molar-refractivity contribution in [3.63, 3.8) is 0 Å². The van der Waals surface area contributed by atoms with Crippen LogP contribution in [0.15, 0.2) is 24.5 Å².